The van der Waals surface area contributed by atoms with E-state index < -0.39 is 10.0 Å². The highest BCUT2D eigenvalue weighted by molar-refractivity contribution is 7.89. The Hall–Kier alpha value is -2.38. The van der Waals surface area contributed by atoms with Crippen LogP contribution in [0.5, 0.6) is 0 Å². The Bertz CT molecular complexity index is 955. The second-order valence-corrected chi connectivity index (χ2v) is 8.91. The predicted octanol–water partition coefficient (Wildman–Crippen LogP) is 3.03. The first-order chi connectivity index (χ1) is 13.4. The van der Waals surface area contributed by atoms with Gasteiger partial charge in [0.25, 0.3) is 5.91 Å². The lowest BCUT2D eigenvalue weighted by Crippen LogP contribution is -2.29. The summed E-state index contributed by atoms with van der Waals surface area (Å²) in [5.74, 6) is -0.0641. The van der Waals surface area contributed by atoms with Crippen molar-refractivity contribution in [2.75, 3.05) is 37.0 Å². The number of carbonyl (C=O) groups excluding carboxylic acids is 1. The highest BCUT2D eigenvalue weighted by Gasteiger charge is 2.27. The standard InChI is InChI=1S/C21H27N3O3S/c1-4-5-13-23(3)18-8-6-16(7-9-18)21(25)24-14-12-17-15-19(10-11-20(17)24)28(26,27)22-2/h6-11,15,22H,4-5,12-14H2,1-3H3. The van der Waals surface area contributed by atoms with E-state index in [0.29, 0.717) is 18.5 Å². The number of sulfonamides is 1. The summed E-state index contributed by atoms with van der Waals surface area (Å²) in [6.07, 6.45) is 2.92. The normalized spacial score (nSPS) is 13.5. The monoisotopic (exact) mass is 401 g/mol. The van der Waals surface area contributed by atoms with Gasteiger partial charge in [0.15, 0.2) is 0 Å². The lowest BCUT2D eigenvalue weighted by molar-refractivity contribution is 0.0989. The molecule has 2 aromatic carbocycles. The van der Waals surface area contributed by atoms with E-state index >= 15 is 0 Å². The van der Waals surface area contributed by atoms with Gasteiger partial charge in [-0.25, -0.2) is 13.1 Å². The number of fused-ring (bicyclic) bond motifs is 1. The zero-order valence-electron chi connectivity index (χ0n) is 16.6. The first-order valence-corrected chi connectivity index (χ1v) is 11.0. The topological polar surface area (TPSA) is 69.7 Å². The van der Waals surface area contributed by atoms with Crippen LogP contribution in [0.1, 0.15) is 35.7 Å². The van der Waals surface area contributed by atoms with Gasteiger partial charge in [0.05, 0.1) is 4.90 Å². The average molecular weight is 402 g/mol. The fourth-order valence-electron chi connectivity index (χ4n) is 3.41. The molecule has 0 saturated heterocycles. The number of nitrogens with one attached hydrogen (secondary N) is 1. The van der Waals surface area contributed by atoms with Crippen LogP contribution >= 0.6 is 0 Å². The number of hydrogen-bond acceptors (Lipinski definition) is 4. The smallest absolute Gasteiger partial charge is 0.258 e. The first-order valence-electron chi connectivity index (χ1n) is 9.57. The summed E-state index contributed by atoms with van der Waals surface area (Å²) < 4.78 is 26.3. The third kappa shape index (κ3) is 4.05. The molecule has 3 rings (SSSR count). The molecule has 0 saturated carbocycles. The molecule has 6 nitrogen and oxygen atoms in total. The Balaban J connectivity index is 1.78. The number of benzene rings is 2. The highest BCUT2D eigenvalue weighted by atomic mass is 32.2. The highest BCUT2D eigenvalue weighted by Crippen LogP contribution is 2.31. The van der Waals surface area contributed by atoms with Crippen LogP contribution in [-0.4, -0.2) is 41.5 Å². The van der Waals surface area contributed by atoms with Crippen LogP contribution in [0.2, 0.25) is 0 Å². The first kappa shape index (κ1) is 20.4. The molecule has 0 aliphatic carbocycles. The Morgan fingerprint density at radius 1 is 1.18 bits per heavy atom. The third-order valence-corrected chi connectivity index (χ3v) is 6.58. The van der Waals surface area contributed by atoms with Gasteiger partial charge < -0.3 is 9.80 Å². The molecular weight excluding hydrogens is 374 g/mol. The Morgan fingerprint density at radius 2 is 1.89 bits per heavy atom. The van der Waals surface area contributed by atoms with Crippen molar-refractivity contribution >= 4 is 27.3 Å². The second-order valence-electron chi connectivity index (χ2n) is 7.03. The maximum absolute atomic E-state index is 13.0. The lowest BCUT2D eigenvalue weighted by Gasteiger charge is -2.21. The summed E-state index contributed by atoms with van der Waals surface area (Å²) in [5, 5.41) is 0. The second kappa shape index (κ2) is 8.32. The zero-order valence-corrected chi connectivity index (χ0v) is 17.4. The minimum Gasteiger partial charge on any atom is -0.375 e. The molecular formula is C21H27N3O3S. The average Bonchev–Trinajstić information content (AvgIpc) is 3.14. The fraction of sp³-hybridized carbons (Fsp3) is 0.381. The lowest BCUT2D eigenvalue weighted by atomic mass is 10.1. The molecule has 7 heteroatoms. The van der Waals surface area contributed by atoms with Crippen LogP contribution in [0.15, 0.2) is 47.4 Å². The van der Waals surface area contributed by atoms with Crippen LogP contribution < -0.4 is 14.5 Å². The van der Waals surface area contributed by atoms with Crippen molar-refractivity contribution in [3.63, 3.8) is 0 Å². The summed E-state index contributed by atoms with van der Waals surface area (Å²) in [5.41, 5.74) is 3.38. The minimum absolute atomic E-state index is 0.0641. The molecule has 28 heavy (non-hydrogen) atoms. The number of unbranched alkanes of at least 4 members (excludes halogenated alkanes) is 1. The molecule has 1 amide bonds. The van der Waals surface area contributed by atoms with Gasteiger partial charge >= 0.3 is 0 Å². The van der Waals surface area contributed by atoms with Gasteiger partial charge in [-0.05, 0) is 67.9 Å². The van der Waals surface area contributed by atoms with E-state index in [2.05, 4.69) is 23.6 Å². The number of nitrogens with zero attached hydrogens (tertiary/aromatic N) is 2. The summed E-state index contributed by atoms with van der Waals surface area (Å²) in [6.45, 7) is 3.71. The summed E-state index contributed by atoms with van der Waals surface area (Å²) >= 11 is 0. The zero-order chi connectivity index (χ0) is 20.3. The summed E-state index contributed by atoms with van der Waals surface area (Å²) in [6, 6.07) is 12.6. The Kier molecular flexibility index (Phi) is 6.05. The summed E-state index contributed by atoms with van der Waals surface area (Å²) in [4.78, 5) is 17.1. The number of carbonyl (C=O) groups is 1. The van der Waals surface area contributed by atoms with Gasteiger partial charge in [0.1, 0.15) is 0 Å². The van der Waals surface area contributed by atoms with Crippen LogP contribution in [0.4, 0.5) is 11.4 Å². The van der Waals surface area contributed by atoms with Crippen molar-refractivity contribution in [1.82, 2.24) is 4.72 Å². The third-order valence-electron chi connectivity index (χ3n) is 5.17. The fourth-order valence-corrected chi connectivity index (χ4v) is 4.19. The van der Waals surface area contributed by atoms with Gasteiger partial charge in [-0.15, -0.1) is 0 Å². The molecule has 0 radical (unpaired) electrons. The SMILES string of the molecule is CCCCN(C)c1ccc(C(=O)N2CCc3cc(S(=O)(=O)NC)ccc32)cc1. The van der Waals surface area contributed by atoms with Crippen molar-refractivity contribution in [1.29, 1.82) is 0 Å². The van der Waals surface area contributed by atoms with Crippen molar-refractivity contribution in [2.24, 2.45) is 0 Å². The van der Waals surface area contributed by atoms with Gasteiger partial charge in [0.2, 0.25) is 10.0 Å². The molecule has 1 aliphatic heterocycles. The van der Waals surface area contributed by atoms with Gasteiger partial charge in [0, 0.05) is 37.1 Å². The van der Waals surface area contributed by atoms with Gasteiger partial charge in [-0.2, -0.15) is 0 Å². The number of rotatable bonds is 7. The van der Waals surface area contributed by atoms with E-state index in [1.54, 1.807) is 23.1 Å². The molecule has 2 aromatic rings. The van der Waals surface area contributed by atoms with Crippen LogP contribution in [-0.2, 0) is 16.4 Å². The number of amides is 1. The molecule has 150 valence electrons. The van der Waals surface area contributed by atoms with E-state index in [-0.39, 0.29) is 10.8 Å². The Labute approximate surface area is 167 Å². The van der Waals surface area contributed by atoms with Gasteiger partial charge in [-0.3, -0.25) is 4.79 Å². The van der Waals surface area contributed by atoms with Crippen LogP contribution in [0.25, 0.3) is 0 Å². The molecule has 1 N–H and O–H groups in total. The van der Waals surface area contributed by atoms with Crippen molar-refractivity contribution in [2.45, 2.75) is 31.1 Å². The van der Waals surface area contributed by atoms with Crippen molar-refractivity contribution in [3.05, 3.63) is 53.6 Å². The molecule has 0 aromatic heterocycles. The molecule has 1 heterocycles. The van der Waals surface area contributed by atoms with E-state index in [4.69, 9.17) is 0 Å². The van der Waals surface area contributed by atoms with E-state index in [0.717, 1.165) is 36.3 Å². The van der Waals surface area contributed by atoms with E-state index in [1.807, 2.05) is 24.3 Å². The molecule has 0 fully saturated rings. The molecule has 0 unspecified atom stereocenters. The predicted molar refractivity (Wildman–Crippen MR) is 113 cm³/mol. The molecule has 1 aliphatic rings. The minimum atomic E-state index is -3.49. The van der Waals surface area contributed by atoms with Gasteiger partial charge in [-0.1, -0.05) is 13.3 Å². The van der Waals surface area contributed by atoms with Crippen molar-refractivity contribution < 1.29 is 13.2 Å². The largest absolute Gasteiger partial charge is 0.375 e. The number of anilines is 2. The quantitative estimate of drug-likeness (QED) is 0.774. The molecule has 0 spiro atoms. The summed E-state index contributed by atoms with van der Waals surface area (Å²) in [7, 11) is -0.0414. The van der Waals surface area contributed by atoms with Crippen LogP contribution in [0, 0.1) is 0 Å². The van der Waals surface area contributed by atoms with Crippen LogP contribution in [0.3, 0.4) is 0 Å². The number of hydrogen-bond donors (Lipinski definition) is 1. The maximum atomic E-state index is 13.0. The van der Waals surface area contributed by atoms with E-state index in [9.17, 15) is 13.2 Å². The maximum Gasteiger partial charge on any atom is 0.258 e. The Morgan fingerprint density at radius 3 is 2.54 bits per heavy atom. The van der Waals surface area contributed by atoms with E-state index in [1.165, 1.54) is 7.05 Å². The molecule has 0 bridgehead atoms. The van der Waals surface area contributed by atoms with Crippen molar-refractivity contribution in [3.8, 4) is 0 Å². The molecule has 0 atom stereocenters.